The van der Waals surface area contributed by atoms with Crippen LogP contribution in [0.3, 0.4) is 0 Å². The maximum Gasteiger partial charge on any atom is 0.340 e. The Balaban J connectivity index is 3.06. The van der Waals surface area contributed by atoms with Crippen LogP contribution in [-0.2, 0) is 4.79 Å². The molecule has 1 rings (SSSR count). The van der Waals surface area contributed by atoms with Crippen molar-refractivity contribution in [3.05, 3.63) is 30.3 Å². The summed E-state index contributed by atoms with van der Waals surface area (Å²) in [5.41, 5.74) is 0.638. The van der Waals surface area contributed by atoms with Gasteiger partial charge in [0.15, 0.2) is 0 Å². The predicted octanol–water partition coefficient (Wildman–Crippen LogP) is 1.23. The van der Waals surface area contributed by atoms with Crippen LogP contribution in [0.25, 0.3) is 0 Å². The van der Waals surface area contributed by atoms with Gasteiger partial charge in [-0.15, -0.1) is 0 Å². The van der Waals surface area contributed by atoms with Crippen molar-refractivity contribution >= 4 is 17.6 Å². The second-order valence-electron chi connectivity index (χ2n) is 3.25. The van der Waals surface area contributed by atoms with Crippen molar-refractivity contribution < 1.29 is 9.59 Å². The summed E-state index contributed by atoms with van der Waals surface area (Å²) in [4.78, 5) is 23.0. The van der Waals surface area contributed by atoms with Crippen LogP contribution in [0.4, 0.5) is 10.5 Å². The smallest absolute Gasteiger partial charge is 0.339 e. The molecule has 0 saturated carbocycles. The Morgan fingerprint density at radius 1 is 1.19 bits per heavy atom. The number of carbonyl (C=O) groups is 2. The fourth-order valence-corrected chi connectivity index (χ4v) is 1.24. The zero-order valence-electron chi connectivity index (χ0n) is 9.60. The van der Waals surface area contributed by atoms with Gasteiger partial charge in [0.2, 0.25) is 5.91 Å². The van der Waals surface area contributed by atoms with Crippen LogP contribution in [0, 0.1) is 0 Å². The van der Waals surface area contributed by atoms with Crippen molar-refractivity contribution in [1.29, 1.82) is 0 Å². The minimum absolute atomic E-state index is 0.215. The largest absolute Gasteiger partial charge is 0.340 e. The lowest BCUT2D eigenvalue weighted by atomic mass is 10.3. The van der Waals surface area contributed by atoms with Crippen molar-refractivity contribution in [2.24, 2.45) is 0 Å². The van der Waals surface area contributed by atoms with Gasteiger partial charge in [0.1, 0.15) is 0 Å². The molecule has 0 aliphatic rings. The van der Waals surface area contributed by atoms with Gasteiger partial charge in [-0.3, -0.25) is 4.79 Å². The summed E-state index contributed by atoms with van der Waals surface area (Å²) in [6, 6.07) is 8.62. The van der Waals surface area contributed by atoms with Crippen LogP contribution in [-0.4, -0.2) is 31.0 Å². The van der Waals surface area contributed by atoms with E-state index in [9.17, 15) is 9.59 Å². The molecule has 1 aromatic carbocycles. The zero-order valence-corrected chi connectivity index (χ0v) is 9.60. The van der Waals surface area contributed by atoms with E-state index in [0.717, 1.165) is 0 Å². The monoisotopic (exact) mass is 221 g/mol. The van der Waals surface area contributed by atoms with Crippen LogP contribution < -0.4 is 10.3 Å². The summed E-state index contributed by atoms with van der Waals surface area (Å²) in [7, 11) is 3.07. The van der Waals surface area contributed by atoms with Crippen LogP contribution >= 0.6 is 0 Å². The minimum Gasteiger partial charge on any atom is -0.339 e. The number of nitrogens with one attached hydrogen (secondary N) is 1. The molecule has 0 atom stereocenters. The van der Waals surface area contributed by atoms with Gasteiger partial charge in [-0.25, -0.2) is 14.8 Å². The average molecular weight is 221 g/mol. The van der Waals surface area contributed by atoms with Gasteiger partial charge in [0.25, 0.3) is 0 Å². The molecule has 3 amide bonds. The lowest BCUT2D eigenvalue weighted by Crippen LogP contribution is -2.50. The van der Waals surface area contributed by atoms with E-state index in [1.54, 1.807) is 31.3 Å². The number of rotatable bonds is 1. The molecule has 16 heavy (non-hydrogen) atoms. The van der Waals surface area contributed by atoms with Crippen molar-refractivity contribution in [2.75, 3.05) is 19.1 Å². The van der Waals surface area contributed by atoms with Gasteiger partial charge in [-0.2, -0.15) is 0 Å². The maximum absolute atomic E-state index is 11.7. The minimum atomic E-state index is -0.357. The Bertz CT molecular complexity index is 378. The molecule has 0 radical (unpaired) electrons. The molecule has 1 aromatic rings. The highest BCUT2D eigenvalue weighted by Crippen LogP contribution is 2.15. The summed E-state index contributed by atoms with van der Waals surface area (Å²) in [6.45, 7) is 1.40. The Morgan fingerprint density at radius 3 is 2.19 bits per heavy atom. The van der Waals surface area contributed by atoms with E-state index < -0.39 is 0 Å². The van der Waals surface area contributed by atoms with Gasteiger partial charge < -0.3 is 5.32 Å². The second-order valence-corrected chi connectivity index (χ2v) is 3.25. The summed E-state index contributed by atoms with van der Waals surface area (Å²) < 4.78 is 0. The highest BCUT2D eigenvalue weighted by molar-refractivity contribution is 5.94. The molecular formula is C11H15N3O2. The predicted molar refractivity (Wildman–Crippen MR) is 61.8 cm³/mol. The molecule has 0 saturated heterocycles. The lowest BCUT2D eigenvalue weighted by molar-refractivity contribution is -0.127. The van der Waals surface area contributed by atoms with Crippen LogP contribution in [0.1, 0.15) is 6.92 Å². The molecule has 5 nitrogen and oxygen atoms in total. The van der Waals surface area contributed by atoms with E-state index in [1.807, 2.05) is 6.07 Å². The Hall–Kier alpha value is -2.04. The number of carbonyl (C=O) groups excluding carboxylic acids is 2. The number of amides is 3. The van der Waals surface area contributed by atoms with Crippen molar-refractivity contribution in [3.63, 3.8) is 0 Å². The van der Waals surface area contributed by atoms with Crippen molar-refractivity contribution in [2.45, 2.75) is 6.92 Å². The number of para-hydroxylation sites is 1. The van der Waals surface area contributed by atoms with Crippen molar-refractivity contribution in [1.82, 2.24) is 10.3 Å². The number of hydrogen-bond acceptors (Lipinski definition) is 2. The maximum atomic E-state index is 11.7. The molecule has 1 N–H and O–H groups in total. The third-order valence-corrected chi connectivity index (χ3v) is 2.16. The van der Waals surface area contributed by atoms with Gasteiger partial charge in [0.05, 0.1) is 5.69 Å². The molecule has 0 aromatic heterocycles. The summed E-state index contributed by atoms with van der Waals surface area (Å²) in [5.74, 6) is -0.215. The van der Waals surface area contributed by atoms with Gasteiger partial charge >= 0.3 is 6.03 Å². The molecule has 0 unspecified atom stereocenters. The molecule has 0 heterocycles. The number of anilines is 1. The summed E-state index contributed by atoms with van der Waals surface area (Å²) >= 11 is 0. The number of hydrazine groups is 1. The van der Waals surface area contributed by atoms with Crippen LogP contribution in [0.5, 0.6) is 0 Å². The molecule has 0 spiro atoms. The Morgan fingerprint density at radius 2 is 1.75 bits per heavy atom. The van der Waals surface area contributed by atoms with E-state index in [-0.39, 0.29) is 11.9 Å². The first-order valence-corrected chi connectivity index (χ1v) is 4.89. The first kappa shape index (κ1) is 12.0. The number of benzene rings is 1. The number of nitrogens with zero attached hydrogens (tertiary/aromatic N) is 2. The average Bonchev–Trinajstić information content (AvgIpc) is 2.30. The lowest BCUT2D eigenvalue weighted by Gasteiger charge is -2.30. The topological polar surface area (TPSA) is 52.7 Å². The molecule has 86 valence electrons. The number of urea groups is 1. The van der Waals surface area contributed by atoms with E-state index in [1.165, 1.54) is 24.0 Å². The highest BCUT2D eigenvalue weighted by atomic mass is 16.2. The fourth-order valence-electron chi connectivity index (χ4n) is 1.24. The normalized spacial score (nSPS) is 9.44. The van der Waals surface area contributed by atoms with E-state index >= 15 is 0 Å². The van der Waals surface area contributed by atoms with Gasteiger partial charge in [-0.1, -0.05) is 18.2 Å². The summed E-state index contributed by atoms with van der Waals surface area (Å²) in [6.07, 6.45) is 0. The molecule has 0 fully saturated rings. The third kappa shape index (κ3) is 2.50. The molecule has 0 aliphatic heterocycles. The van der Waals surface area contributed by atoms with E-state index in [4.69, 9.17) is 0 Å². The first-order chi connectivity index (χ1) is 7.57. The van der Waals surface area contributed by atoms with Gasteiger partial charge in [0, 0.05) is 21.0 Å². The van der Waals surface area contributed by atoms with Gasteiger partial charge in [-0.05, 0) is 12.1 Å². The fraction of sp³-hybridized carbons (Fsp3) is 0.273. The Kier molecular flexibility index (Phi) is 3.88. The highest BCUT2D eigenvalue weighted by Gasteiger charge is 2.20. The standard InChI is InChI=1S/C11H15N3O2/c1-9(15)13(3)14(11(16)12-2)10-7-5-4-6-8-10/h4-8H,1-3H3,(H,12,16). The molecule has 0 aliphatic carbocycles. The SMILES string of the molecule is CNC(=O)N(c1ccccc1)N(C)C(C)=O. The zero-order chi connectivity index (χ0) is 12.1. The number of hydrogen-bond donors (Lipinski definition) is 1. The second kappa shape index (κ2) is 5.16. The van der Waals surface area contributed by atoms with Crippen molar-refractivity contribution in [3.8, 4) is 0 Å². The quantitative estimate of drug-likeness (QED) is 0.725. The Labute approximate surface area is 94.6 Å². The van der Waals surface area contributed by atoms with E-state index in [2.05, 4.69) is 5.32 Å². The molecule has 5 heteroatoms. The first-order valence-electron chi connectivity index (χ1n) is 4.89. The molecule has 0 bridgehead atoms. The summed E-state index contributed by atoms with van der Waals surface area (Å²) in [5, 5.41) is 5.03. The third-order valence-electron chi connectivity index (χ3n) is 2.16. The van der Waals surface area contributed by atoms with Crippen LogP contribution in [0.2, 0.25) is 0 Å². The van der Waals surface area contributed by atoms with E-state index in [0.29, 0.717) is 5.69 Å². The molecular weight excluding hydrogens is 206 g/mol. The van der Waals surface area contributed by atoms with Crippen LogP contribution in [0.15, 0.2) is 30.3 Å².